The Kier molecular flexibility index (Phi) is 5.65. The molecular weight excluding hydrogens is 521 g/mol. The summed E-state index contributed by atoms with van der Waals surface area (Å²) < 4.78 is 80.7. The van der Waals surface area contributed by atoms with Crippen LogP contribution in [0.4, 0.5) is 23.5 Å². The summed E-state index contributed by atoms with van der Waals surface area (Å²) >= 11 is 5.19. The second-order valence-electron chi connectivity index (χ2n) is 7.77. The summed E-state index contributed by atoms with van der Waals surface area (Å²) in [6.45, 7) is -5.06. The molecule has 5 rings (SSSR count). The van der Waals surface area contributed by atoms with Crippen LogP contribution in [-0.4, -0.2) is 55.3 Å². The van der Waals surface area contributed by atoms with Gasteiger partial charge in [0.05, 0.1) is 19.5 Å². The molecule has 0 aliphatic carbocycles. The fraction of sp³-hybridized carbons (Fsp3) is 0.389. The SMILES string of the molecule is Nc1nc2c(ncn2[C@@H]2O[C@@](COP3(=S)OCc4ccccc4O3)(C(F)F)[C@@H](O)C2(F)F)c(=O)[nH]1. The summed E-state index contributed by atoms with van der Waals surface area (Å²) in [5, 5.41) is 10.4. The number of aliphatic hydroxyl groups is 1. The molecule has 2 aliphatic rings. The number of aromatic nitrogens is 4. The highest BCUT2D eigenvalue weighted by molar-refractivity contribution is 8.07. The van der Waals surface area contributed by atoms with Crippen LogP contribution < -0.4 is 15.8 Å². The maximum atomic E-state index is 15.2. The number of rotatable bonds is 5. The molecule has 4 heterocycles. The molecule has 1 aromatic carbocycles. The molecule has 0 spiro atoms. The molecule has 0 bridgehead atoms. The molecule has 35 heavy (non-hydrogen) atoms. The van der Waals surface area contributed by atoms with Gasteiger partial charge in [-0.05, 0) is 6.07 Å². The summed E-state index contributed by atoms with van der Waals surface area (Å²) in [5.41, 5.74) is 1.15. The van der Waals surface area contributed by atoms with Crippen molar-refractivity contribution in [3.8, 4) is 5.75 Å². The number of fused-ring (bicyclic) bond motifs is 2. The normalized spacial score (nSPS) is 29.9. The third kappa shape index (κ3) is 3.80. The monoisotopic (exact) mass is 537 g/mol. The molecule has 0 radical (unpaired) electrons. The highest BCUT2D eigenvalue weighted by atomic mass is 32.5. The van der Waals surface area contributed by atoms with Gasteiger partial charge in [0.2, 0.25) is 12.2 Å². The number of hydrogen-bond acceptors (Lipinski definition) is 10. The van der Waals surface area contributed by atoms with Crippen LogP contribution in [0.2, 0.25) is 0 Å². The first-order valence-corrected chi connectivity index (χ1v) is 12.4. The Hall–Kier alpha value is -2.62. The van der Waals surface area contributed by atoms with Gasteiger partial charge < -0.3 is 20.1 Å². The molecule has 4 atom stereocenters. The van der Waals surface area contributed by atoms with Gasteiger partial charge in [0.25, 0.3) is 12.0 Å². The first kappa shape index (κ1) is 24.1. The van der Waals surface area contributed by atoms with Crippen molar-refractivity contribution in [2.75, 3.05) is 12.3 Å². The summed E-state index contributed by atoms with van der Waals surface area (Å²) in [6, 6.07) is 6.60. The minimum atomic E-state index is -4.31. The average molecular weight is 537 g/mol. The molecule has 1 saturated heterocycles. The van der Waals surface area contributed by atoms with Gasteiger partial charge in [0.15, 0.2) is 22.9 Å². The van der Waals surface area contributed by atoms with Crippen LogP contribution in [-0.2, 0) is 32.2 Å². The molecular formula is C18H16F4N5O6PS. The zero-order valence-corrected chi connectivity index (χ0v) is 19.0. The maximum absolute atomic E-state index is 15.2. The quantitative estimate of drug-likeness (QED) is 0.327. The minimum absolute atomic E-state index is 0.0556. The third-order valence-electron chi connectivity index (χ3n) is 5.57. The first-order chi connectivity index (χ1) is 16.5. The minimum Gasteiger partial charge on any atom is -0.424 e. The van der Waals surface area contributed by atoms with Gasteiger partial charge in [-0.2, -0.15) is 13.8 Å². The van der Waals surface area contributed by atoms with Crippen LogP contribution in [0.25, 0.3) is 11.2 Å². The van der Waals surface area contributed by atoms with Crippen molar-refractivity contribution in [1.82, 2.24) is 19.5 Å². The molecule has 17 heteroatoms. The highest BCUT2D eigenvalue weighted by Crippen LogP contribution is 2.57. The maximum Gasteiger partial charge on any atom is 0.381 e. The molecule has 4 N–H and O–H groups in total. The van der Waals surface area contributed by atoms with Crippen molar-refractivity contribution in [1.29, 1.82) is 0 Å². The number of para-hydroxylation sites is 1. The van der Waals surface area contributed by atoms with E-state index in [2.05, 4.69) is 15.0 Å². The van der Waals surface area contributed by atoms with Crippen molar-refractivity contribution in [2.45, 2.75) is 36.9 Å². The predicted octanol–water partition coefficient (Wildman–Crippen LogP) is 2.08. The fourth-order valence-corrected chi connectivity index (χ4v) is 5.58. The molecule has 0 amide bonds. The van der Waals surface area contributed by atoms with Crippen LogP contribution in [0, 0.1) is 0 Å². The number of nitrogens with one attached hydrogen (secondary N) is 1. The molecule has 2 aliphatic heterocycles. The zero-order chi connectivity index (χ0) is 25.2. The molecule has 1 fully saturated rings. The lowest BCUT2D eigenvalue weighted by atomic mass is 9.96. The molecule has 1 unspecified atom stereocenters. The van der Waals surface area contributed by atoms with Gasteiger partial charge in [-0.1, -0.05) is 18.2 Å². The van der Waals surface area contributed by atoms with Crippen LogP contribution in [0.15, 0.2) is 35.4 Å². The molecule has 2 aromatic heterocycles. The fourth-order valence-electron chi connectivity index (χ4n) is 3.77. The Balaban J connectivity index is 1.47. The Morgan fingerprint density at radius 3 is 2.89 bits per heavy atom. The van der Waals surface area contributed by atoms with E-state index in [0.29, 0.717) is 15.9 Å². The van der Waals surface area contributed by atoms with E-state index in [-0.39, 0.29) is 6.61 Å². The number of imidazole rings is 1. The van der Waals surface area contributed by atoms with E-state index >= 15 is 8.78 Å². The van der Waals surface area contributed by atoms with Crippen LogP contribution in [0.1, 0.15) is 11.8 Å². The number of ether oxygens (including phenoxy) is 1. The lowest BCUT2D eigenvalue weighted by Gasteiger charge is -2.34. The van der Waals surface area contributed by atoms with Crippen LogP contribution in [0.3, 0.4) is 0 Å². The highest BCUT2D eigenvalue weighted by Gasteiger charge is 2.71. The summed E-state index contributed by atoms with van der Waals surface area (Å²) in [4.78, 5) is 21.5. The van der Waals surface area contributed by atoms with E-state index < -0.39 is 66.3 Å². The number of H-pyrrole nitrogens is 1. The number of halogens is 4. The van der Waals surface area contributed by atoms with Crippen molar-refractivity contribution in [2.24, 2.45) is 0 Å². The van der Waals surface area contributed by atoms with Crippen molar-refractivity contribution in [3.63, 3.8) is 0 Å². The van der Waals surface area contributed by atoms with Gasteiger partial charge in [-0.15, -0.1) is 0 Å². The largest absolute Gasteiger partial charge is 0.424 e. The summed E-state index contributed by atoms with van der Waals surface area (Å²) in [6.07, 6.45) is -8.52. The number of anilines is 1. The Morgan fingerprint density at radius 1 is 1.40 bits per heavy atom. The van der Waals surface area contributed by atoms with Crippen molar-refractivity contribution < 1.29 is 41.0 Å². The van der Waals surface area contributed by atoms with E-state index in [9.17, 15) is 18.7 Å². The number of nitrogens with two attached hydrogens (primary N) is 1. The Morgan fingerprint density at radius 2 is 2.14 bits per heavy atom. The summed E-state index contributed by atoms with van der Waals surface area (Å²) in [7, 11) is 0. The van der Waals surface area contributed by atoms with Crippen LogP contribution >= 0.6 is 6.72 Å². The first-order valence-electron chi connectivity index (χ1n) is 9.88. The lowest BCUT2D eigenvalue weighted by Crippen LogP contribution is -2.54. The van der Waals surface area contributed by atoms with Crippen molar-refractivity contribution >= 4 is 35.6 Å². The third-order valence-corrected chi connectivity index (χ3v) is 7.74. The average Bonchev–Trinajstić information content (AvgIpc) is 3.30. The molecule has 11 nitrogen and oxygen atoms in total. The molecule has 0 saturated carbocycles. The zero-order valence-electron chi connectivity index (χ0n) is 17.3. The second-order valence-corrected chi connectivity index (χ2v) is 10.7. The molecule has 188 valence electrons. The van der Waals surface area contributed by atoms with E-state index in [4.69, 9.17) is 35.8 Å². The van der Waals surface area contributed by atoms with Crippen molar-refractivity contribution in [3.05, 3.63) is 46.5 Å². The van der Waals surface area contributed by atoms with Gasteiger partial charge in [0, 0.05) is 17.4 Å². The van der Waals surface area contributed by atoms with E-state index in [1.165, 1.54) is 0 Å². The topological polar surface area (TPSA) is 147 Å². The number of hydrogen-bond donors (Lipinski definition) is 3. The molecule has 3 aromatic rings. The number of benzene rings is 1. The van der Waals surface area contributed by atoms with E-state index in [1.807, 2.05) is 0 Å². The lowest BCUT2D eigenvalue weighted by molar-refractivity contribution is -0.192. The predicted molar refractivity (Wildman–Crippen MR) is 114 cm³/mol. The van der Waals surface area contributed by atoms with Crippen LogP contribution in [0.5, 0.6) is 5.75 Å². The summed E-state index contributed by atoms with van der Waals surface area (Å²) in [5.74, 6) is -4.44. The van der Waals surface area contributed by atoms with E-state index in [1.54, 1.807) is 24.3 Å². The second kappa shape index (κ2) is 8.21. The number of nitrogens with zero attached hydrogens (tertiary/aromatic N) is 3. The van der Waals surface area contributed by atoms with Gasteiger partial charge >= 0.3 is 12.6 Å². The standard InChI is InChI=1S/C18H16F4N5O6PS/c19-14(20)17(6-31-34(35)30-5-8-3-1-2-4-9(8)33-34)13(29)18(21,22)15(32-17)27-7-24-10-11(27)25-16(23)26-12(10)28/h1-4,7,13-15,29H,5-6H2,(H3,23,25,26,28)/t13-,15-,17-,34?/m1/s1. The van der Waals surface area contributed by atoms with Gasteiger partial charge in [-0.3, -0.25) is 23.4 Å². The van der Waals surface area contributed by atoms with Gasteiger partial charge in [-0.25, -0.2) is 13.8 Å². The van der Waals surface area contributed by atoms with Gasteiger partial charge in [0.1, 0.15) is 5.75 Å². The number of aliphatic hydroxyl groups excluding tert-OH is 1. The van der Waals surface area contributed by atoms with E-state index in [0.717, 1.165) is 6.33 Å². The number of alkyl halides is 4. The Labute approximate surface area is 198 Å². The Bertz CT molecular complexity index is 1410. The smallest absolute Gasteiger partial charge is 0.381 e. The number of aromatic amines is 1. The number of nitrogen functional groups attached to an aromatic ring is 1.